The number of nitrogens with zero attached hydrogens (tertiary/aromatic N) is 1. The van der Waals surface area contributed by atoms with Crippen molar-refractivity contribution in [3.05, 3.63) is 21.4 Å². The van der Waals surface area contributed by atoms with Gasteiger partial charge in [0, 0.05) is 23.8 Å². The number of amides is 2. The molecule has 2 amide bonds. The van der Waals surface area contributed by atoms with Crippen LogP contribution in [-0.2, 0) is 22.4 Å². The van der Waals surface area contributed by atoms with Crippen molar-refractivity contribution in [3.63, 3.8) is 0 Å². The monoisotopic (exact) mass is 307 g/mol. The van der Waals surface area contributed by atoms with E-state index in [9.17, 15) is 9.59 Å². The minimum absolute atomic E-state index is 0.0255. The second-order valence-electron chi connectivity index (χ2n) is 5.23. The molecule has 1 unspecified atom stereocenters. The maximum Gasteiger partial charge on any atom is 0.407 e. The van der Waals surface area contributed by atoms with E-state index in [0.29, 0.717) is 12.8 Å². The van der Waals surface area contributed by atoms with Crippen LogP contribution in [0.25, 0.3) is 0 Å². The van der Waals surface area contributed by atoms with Gasteiger partial charge < -0.3 is 10.1 Å². The van der Waals surface area contributed by atoms with E-state index in [1.54, 1.807) is 11.3 Å². The molecule has 0 fully saturated rings. The Morgan fingerprint density at radius 2 is 2.33 bits per heavy atom. The van der Waals surface area contributed by atoms with Gasteiger partial charge in [0.15, 0.2) is 0 Å². The quantitative estimate of drug-likeness (QED) is 0.870. The predicted molar refractivity (Wildman–Crippen MR) is 79.6 cm³/mol. The number of rotatable bonds is 2. The molecule has 1 aliphatic carbocycles. The largest absolute Gasteiger partial charge is 0.453 e. The van der Waals surface area contributed by atoms with Gasteiger partial charge in [-0.1, -0.05) is 0 Å². The number of hydrogen-bond acceptors (Lipinski definition) is 5. The third kappa shape index (κ3) is 3.07. The molecule has 0 radical (unpaired) electrons. The molecule has 1 aromatic heterocycles. The van der Waals surface area contributed by atoms with Gasteiger partial charge >= 0.3 is 6.09 Å². The fourth-order valence-electron chi connectivity index (χ4n) is 2.67. The molecule has 2 N–H and O–H groups in total. The Kier molecular flexibility index (Phi) is 3.92. The average Bonchev–Trinajstić information content (AvgIpc) is 2.91. The summed E-state index contributed by atoms with van der Waals surface area (Å²) in [5.74, 6) is -0.0255. The number of aryl methyl sites for hydroxylation is 1. The fraction of sp³-hybridized carbons (Fsp3) is 0.500. The van der Waals surface area contributed by atoms with Gasteiger partial charge in [0.2, 0.25) is 5.91 Å². The second-order valence-corrected chi connectivity index (χ2v) is 6.36. The number of hydrogen-bond donors (Lipinski definition) is 2. The summed E-state index contributed by atoms with van der Waals surface area (Å²) in [6, 6.07) is 2.27. The number of thiophene rings is 1. The van der Waals surface area contributed by atoms with Gasteiger partial charge in [-0.05, 0) is 30.9 Å². The normalized spacial score (nSPS) is 21.1. The predicted octanol–water partition coefficient (Wildman–Crippen LogP) is 1.58. The average molecular weight is 307 g/mol. The first-order valence-corrected chi connectivity index (χ1v) is 7.79. The Morgan fingerprint density at radius 1 is 1.48 bits per heavy atom. The molecule has 0 spiro atoms. The molecule has 2 aliphatic rings. The second kappa shape index (κ2) is 5.85. The van der Waals surface area contributed by atoms with Crippen molar-refractivity contribution >= 4 is 29.0 Å². The van der Waals surface area contributed by atoms with E-state index in [0.717, 1.165) is 29.9 Å². The maximum atomic E-state index is 11.3. The highest BCUT2D eigenvalue weighted by Crippen LogP contribution is 2.31. The third-order valence-corrected chi connectivity index (χ3v) is 5.07. The third-order valence-electron chi connectivity index (χ3n) is 3.78. The van der Waals surface area contributed by atoms with Crippen molar-refractivity contribution in [3.8, 4) is 0 Å². The van der Waals surface area contributed by atoms with Crippen molar-refractivity contribution < 1.29 is 14.3 Å². The number of hydrazone groups is 1. The number of carbonyl (C=O) groups excluding carboxylic acids is 2. The summed E-state index contributed by atoms with van der Waals surface area (Å²) < 4.78 is 4.64. The lowest BCUT2D eigenvalue weighted by atomic mass is 9.94. The summed E-state index contributed by atoms with van der Waals surface area (Å²) in [5.41, 5.74) is 4.75. The lowest BCUT2D eigenvalue weighted by Crippen LogP contribution is -2.38. The summed E-state index contributed by atoms with van der Waals surface area (Å²) in [7, 11) is 1.38. The zero-order valence-corrected chi connectivity index (χ0v) is 12.6. The van der Waals surface area contributed by atoms with Gasteiger partial charge in [-0.25, -0.2) is 10.2 Å². The van der Waals surface area contributed by atoms with Gasteiger partial charge in [-0.15, -0.1) is 11.3 Å². The van der Waals surface area contributed by atoms with Crippen LogP contribution >= 0.6 is 11.3 Å². The molecule has 6 nitrogen and oxygen atoms in total. The van der Waals surface area contributed by atoms with Crippen molar-refractivity contribution in [1.29, 1.82) is 0 Å². The van der Waals surface area contributed by atoms with Crippen LogP contribution in [0.3, 0.4) is 0 Å². The standard InChI is InChI=1S/C14H17N3O3S/c1-20-14(19)15-9-2-4-11-8(6-9)7-12(21-11)10-3-5-13(18)17-16-10/h7,9H,2-6H2,1H3,(H,15,19)(H,17,18). The highest BCUT2D eigenvalue weighted by Gasteiger charge is 2.24. The minimum atomic E-state index is -0.377. The van der Waals surface area contributed by atoms with Crippen molar-refractivity contribution in [2.75, 3.05) is 7.11 Å². The first kappa shape index (κ1) is 14.1. The lowest BCUT2D eigenvalue weighted by Gasteiger charge is -2.22. The van der Waals surface area contributed by atoms with Crippen LogP contribution < -0.4 is 10.7 Å². The maximum absolute atomic E-state index is 11.3. The van der Waals surface area contributed by atoms with Crippen LogP contribution in [0.4, 0.5) is 4.79 Å². The smallest absolute Gasteiger partial charge is 0.407 e. The van der Waals surface area contributed by atoms with Crippen LogP contribution in [0.1, 0.15) is 34.6 Å². The molecule has 0 saturated carbocycles. The van der Waals surface area contributed by atoms with E-state index in [1.165, 1.54) is 17.6 Å². The summed E-state index contributed by atoms with van der Waals surface area (Å²) >= 11 is 1.74. The van der Waals surface area contributed by atoms with Crippen LogP contribution in [0.15, 0.2) is 11.2 Å². The number of methoxy groups -OCH3 is 1. The molecular weight excluding hydrogens is 290 g/mol. The van der Waals surface area contributed by atoms with E-state index in [1.807, 2.05) is 0 Å². The number of ether oxygens (including phenoxy) is 1. The molecule has 0 aromatic carbocycles. The first-order chi connectivity index (χ1) is 10.2. The van der Waals surface area contributed by atoms with E-state index in [-0.39, 0.29) is 18.0 Å². The van der Waals surface area contributed by atoms with E-state index < -0.39 is 0 Å². The van der Waals surface area contributed by atoms with Gasteiger partial charge in [0.25, 0.3) is 0 Å². The molecule has 7 heteroatoms. The molecule has 3 rings (SSSR count). The molecule has 1 atom stereocenters. The number of fused-ring (bicyclic) bond motifs is 1. The van der Waals surface area contributed by atoms with Crippen LogP contribution in [-0.4, -0.2) is 30.9 Å². The molecular formula is C14H17N3O3S. The molecule has 2 heterocycles. The highest BCUT2D eigenvalue weighted by molar-refractivity contribution is 7.14. The molecule has 1 aromatic rings. The molecule has 0 bridgehead atoms. The van der Waals surface area contributed by atoms with Gasteiger partial charge in [0.05, 0.1) is 17.7 Å². The Hall–Kier alpha value is -1.89. The van der Waals surface area contributed by atoms with Crippen molar-refractivity contribution in [2.45, 2.75) is 38.1 Å². The van der Waals surface area contributed by atoms with Crippen LogP contribution in [0.2, 0.25) is 0 Å². The van der Waals surface area contributed by atoms with Gasteiger partial charge in [-0.3, -0.25) is 4.79 Å². The summed E-state index contributed by atoms with van der Waals surface area (Å²) in [6.07, 6.45) is 3.50. The number of alkyl carbamates (subject to hydrolysis) is 1. The molecule has 0 saturated heterocycles. The summed E-state index contributed by atoms with van der Waals surface area (Å²) in [5, 5.41) is 7.00. The van der Waals surface area contributed by atoms with Crippen LogP contribution in [0, 0.1) is 0 Å². The summed E-state index contributed by atoms with van der Waals surface area (Å²) in [6.45, 7) is 0. The van der Waals surface area contributed by atoms with Gasteiger partial charge in [-0.2, -0.15) is 5.10 Å². The van der Waals surface area contributed by atoms with Crippen LogP contribution in [0.5, 0.6) is 0 Å². The minimum Gasteiger partial charge on any atom is -0.453 e. The summed E-state index contributed by atoms with van der Waals surface area (Å²) in [4.78, 5) is 24.9. The van der Waals surface area contributed by atoms with E-state index in [2.05, 4.69) is 26.6 Å². The van der Waals surface area contributed by atoms with E-state index >= 15 is 0 Å². The first-order valence-electron chi connectivity index (χ1n) is 6.97. The zero-order chi connectivity index (χ0) is 14.8. The Balaban J connectivity index is 1.72. The lowest BCUT2D eigenvalue weighted by molar-refractivity contribution is -0.121. The van der Waals surface area contributed by atoms with Crippen molar-refractivity contribution in [1.82, 2.24) is 10.7 Å². The fourth-order valence-corrected chi connectivity index (χ4v) is 3.89. The topological polar surface area (TPSA) is 79.8 Å². The Bertz CT molecular complexity index is 609. The Labute approximate surface area is 126 Å². The van der Waals surface area contributed by atoms with Gasteiger partial charge in [0.1, 0.15) is 0 Å². The molecule has 112 valence electrons. The van der Waals surface area contributed by atoms with Crippen molar-refractivity contribution in [2.24, 2.45) is 5.10 Å². The highest BCUT2D eigenvalue weighted by atomic mass is 32.1. The number of nitrogens with one attached hydrogen (secondary N) is 2. The Morgan fingerprint density at radius 3 is 3.05 bits per heavy atom. The molecule has 21 heavy (non-hydrogen) atoms. The zero-order valence-electron chi connectivity index (χ0n) is 11.8. The molecule has 1 aliphatic heterocycles. The van der Waals surface area contributed by atoms with E-state index in [4.69, 9.17) is 0 Å². The SMILES string of the molecule is COC(=O)NC1CCc2sc(C3=NNC(=O)CC3)cc2C1. The number of carbonyl (C=O) groups is 2.